The summed E-state index contributed by atoms with van der Waals surface area (Å²) < 4.78 is 0. The van der Waals surface area contributed by atoms with E-state index in [1.807, 2.05) is 0 Å². The third kappa shape index (κ3) is 3.40. The van der Waals surface area contributed by atoms with E-state index in [0.717, 1.165) is 17.8 Å². The second-order valence-electron chi connectivity index (χ2n) is 4.01. The Labute approximate surface area is 110 Å². The molecular formula is C12H16N4OS. The molecule has 0 aliphatic carbocycles. The van der Waals surface area contributed by atoms with Gasteiger partial charge in [0, 0.05) is 18.8 Å². The second-order valence-corrected chi connectivity index (χ2v) is 5.07. The van der Waals surface area contributed by atoms with Crippen molar-refractivity contribution in [1.82, 2.24) is 15.2 Å². The number of anilines is 1. The van der Waals surface area contributed by atoms with Gasteiger partial charge in [-0.25, -0.2) is 0 Å². The second kappa shape index (κ2) is 6.30. The van der Waals surface area contributed by atoms with Gasteiger partial charge in [0.25, 0.3) is 5.91 Å². The van der Waals surface area contributed by atoms with Crippen molar-refractivity contribution in [3.63, 3.8) is 0 Å². The third-order valence-corrected chi connectivity index (χ3v) is 3.44. The van der Waals surface area contributed by atoms with Crippen LogP contribution in [0.1, 0.15) is 41.6 Å². The van der Waals surface area contributed by atoms with Crippen molar-refractivity contribution in [2.45, 2.75) is 32.6 Å². The first-order chi connectivity index (χ1) is 8.79. The fraction of sp³-hybridized carbons (Fsp3) is 0.417. The number of aryl methyl sites for hydroxylation is 1. The molecule has 2 aromatic heterocycles. The molecule has 0 saturated carbocycles. The Kier molecular flexibility index (Phi) is 4.46. The van der Waals surface area contributed by atoms with Crippen molar-refractivity contribution in [3.05, 3.63) is 29.0 Å². The highest BCUT2D eigenvalue weighted by atomic mass is 32.1. The molecule has 0 aliphatic heterocycles. The summed E-state index contributed by atoms with van der Waals surface area (Å²) in [7, 11) is 0. The molecule has 0 unspecified atom stereocenters. The number of carbonyl (C=O) groups excluding carboxylic acids is 1. The van der Waals surface area contributed by atoms with Crippen LogP contribution in [-0.2, 0) is 6.42 Å². The van der Waals surface area contributed by atoms with Crippen LogP contribution >= 0.6 is 11.3 Å². The molecule has 0 atom stereocenters. The number of unbranched alkanes of at least 4 members (excludes halogenated alkanes) is 2. The summed E-state index contributed by atoms with van der Waals surface area (Å²) in [5.74, 6) is -0.160. The van der Waals surface area contributed by atoms with Gasteiger partial charge in [-0.1, -0.05) is 31.1 Å². The van der Waals surface area contributed by atoms with Gasteiger partial charge in [-0.15, -0.1) is 10.2 Å². The lowest BCUT2D eigenvalue weighted by atomic mass is 10.2. The topological polar surface area (TPSA) is 70.7 Å². The summed E-state index contributed by atoms with van der Waals surface area (Å²) >= 11 is 1.44. The highest BCUT2D eigenvalue weighted by Crippen LogP contribution is 2.18. The van der Waals surface area contributed by atoms with Crippen molar-refractivity contribution in [3.8, 4) is 0 Å². The molecule has 0 saturated heterocycles. The molecule has 0 bridgehead atoms. The predicted molar refractivity (Wildman–Crippen MR) is 71.9 cm³/mol. The van der Waals surface area contributed by atoms with Gasteiger partial charge in [-0.05, 0) is 12.5 Å². The van der Waals surface area contributed by atoms with E-state index in [0.29, 0.717) is 10.7 Å². The average molecular weight is 264 g/mol. The lowest BCUT2D eigenvalue weighted by Crippen LogP contribution is -2.10. The molecule has 0 aromatic carbocycles. The number of amides is 1. The van der Waals surface area contributed by atoms with Gasteiger partial charge in [0.1, 0.15) is 5.01 Å². The van der Waals surface area contributed by atoms with Crippen molar-refractivity contribution in [1.29, 1.82) is 0 Å². The van der Waals surface area contributed by atoms with Crippen LogP contribution in [0.4, 0.5) is 5.13 Å². The number of carbonyl (C=O) groups is 1. The number of nitrogens with one attached hydrogen (secondary N) is 2. The normalized spacial score (nSPS) is 10.5. The maximum atomic E-state index is 11.8. The molecular weight excluding hydrogens is 248 g/mol. The van der Waals surface area contributed by atoms with Gasteiger partial charge in [-0.3, -0.25) is 10.1 Å². The van der Waals surface area contributed by atoms with Crippen LogP contribution in [0.2, 0.25) is 0 Å². The summed E-state index contributed by atoms with van der Waals surface area (Å²) in [5.41, 5.74) is 0.595. The molecule has 0 radical (unpaired) electrons. The number of aromatic amines is 1. The number of nitrogens with zero attached hydrogens (tertiary/aromatic N) is 2. The molecule has 96 valence electrons. The Hall–Kier alpha value is -1.69. The quantitative estimate of drug-likeness (QED) is 0.788. The van der Waals surface area contributed by atoms with Gasteiger partial charge in [0.2, 0.25) is 5.13 Å². The Morgan fingerprint density at radius 1 is 1.44 bits per heavy atom. The van der Waals surface area contributed by atoms with E-state index in [-0.39, 0.29) is 5.91 Å². The molecule has 2 aromatic rings. The van der Waals surface area contributed by atoms with Crippen LogP contribution in [0.5, 0.6) is 0 Å². The minimum Gasteiger partial charge on any atom is -0.367 e. The van der Waals surface area contributed by atoms with Crippen molar-refractivity contribution < 1.29 is 4.79 Å². The number of H-pyrrole nitrogens is 1. The first-order valence-electron chi connectivity index (χ1n) is 6.06. The molecule has 18 heavy (non-hydrogen) atoms. The largest absolute Gasteiger partial charge is 0.367 e. The number of rotatable bonds is 6. The van der Waals surface area contributed by atoms with Crippen LogP contribution in [0, 0.1) is 0 Å². The molecule has 2 N–H and O–H groups in total. The zero-order chi connectivity index (χ0) is 12.8. The first kappa shape index (κ1) is 12.8. The van der Waals surface area contributed by atoms with Crippen molar-refractivity contribution >= 4 is 22.4 Å². The molecule has 0 fully saturated rings. The standard InChI is InChI=1S/C12H16N4OS/c1-2-3-4-5-10-15-16-12(18-10)14-11(17)9-6-7-13-8-9/h6-8,13H,2-5H2,1H3,(H,14,16,17). The Morgan fingerprint density at radius 2 is 2.33 bits per heavy atom. The highest BCUT2D eigenvalue weighted by Gasteiger charge is 2.10. The van der Waals surface area contributed by atoms with Gasteiger partial charge in [-0.2, -0.15) is 0 Å². The average Bonchev–Trinajstić information content (AvgIpc) is 3.00. The Balaban J connectivity index is 1.88. The molecule has 1 amide bonds. The minimum atomic E-state index is -0.160. The van der Waals surface area contributed by atoms with Crippen LogP contribution in [0.3, 0.4) is 0 Å². The van der Waals surface area contributed by atoms with Crippen LogP contribution < -0.4 is 5.32 Å². The number of hydrogen-bond donors (Lipinski definition) is 2. The molecule has 2 rings (SSSR count). The Bertz CT molecular complexity index is 492. The van der Waals surface area contributed by atoms with Crippen LogP contribution in [0.25, 0.3) is 0 Å². The fourth-order valence-electron chi connectivity index (χ4n) is 1.57. The molecule has 0 aliphatic rings. The van der Waals surface area contributed by atoms with Gasteiger partial charge in [0.05, 0.1) is 5.56 Å². The van der Waals surface area contributed by atoms with E-state index >= 15 is 0 Å². The molecule has 6 heteroatoms. The van der Waals surface area contributed by atoms with Crippen LogP contribution in [0.15, 0.2) is 18.5 Å². The SMILES string of the molecule is CCCCCc1nnc(NC(=O)c2cc[nH]c2)s1. The van der Waals surface area contributed by atoms with E-state index in [9.17, 15) is 4.79 Å². The van der Waals surface area contributed by atoms with E-state index < -0.39 is 0 Å². The van der Waals surface area contributed by atoms with Crippen molar-refractivity contribution in [2.24, 2.45) is 0 Å². The maximum absolute atomic E-state index is 11.8. The highest BCUT2D eigenvalue weighted by molar-refractivity contribution is 7.15. The summed E-state index contributed by atoms with van der Waals surface area (Å²) in [4.78, 5) is 14.6. The first-order valence-corrected chi connectivity index (χ1v) is 6.87. The number of hydrogen-bond acceptors (Lipinski definition) is 4. The summed E-state index contributed by atoms with van der Waals surface area (Å²) in [6.45, 7) is 2.17. The van der Waals surface area contributed by atoms with E-state index in [1.54, 1.807) is 18.5 Å². The summed E-state index contributed by atoms with van der Waals surface area (Å²) in [6, 6.07) is 1.72. The Morgan fingerprint density at radius 3 is 3.06 bits per heavy atom. The lowest BCUT2D eigenvalue weighted by Gasteiger charge is -1.96. The zero-order valence-corrected chi connectivity index (χ0v) is 11.1. The van der Waals surface area contributed by atoms with Gasteiger partial charge >= 0.3 is 0 Å². The van der Waals surface area contributed by atoms with E-state index in [4.69, 9.17) is 0 Å². The molecule has 5 nitrogen and oxygen atoms in total. The van der Waals surface area contributed by atoms with Crippen molar-refractivity contribution in [2.75, 3.05) is 5.32 Å². The monoisotopic (exact) mass is 264 g/mol. The number of aromatic nitrogens is 3. The smallest absolute Gasteiger partial charge is 0.259 e. The molecule has 0 spiro atoms. The molecule has 2 heterocycles. The zero-order valence-electron chi connectivity index (χ0n) is 10.3. The minimum absolute atomic E-state index is 0.160. The van der Waals surface area contributed by atoms with Gasteiger partial charge < -0.3 is 4.98 Å². The van der Waals surface area contributed by atoms with E-state index in [2.05, 4.69) is 27.4 Å². The summed E-state index contributed by atoms with van der Waals surface area (Å²) in [6.07, 6.45) is 7.81. The maximum Gasteiger partial charge on any atom is 0.259 e. The summed E-state index contributed by atoms with van der Waals surface area (Å²) in [5, 5.41) is 12.3. The van der Waals surface area contributed by atoms with Crippen LogP contribution in [-0.4, -0.2) is 21.1 Å². The van der Waals surface area contributed by atoms with Gasteiger partial charge in [0.15, 0.2) is 0 Å². The lowest BCUT2D eigenvalue weighted by molar-refractivity contribution is 0.102. The predicted octanol–water partition coefficient (Wildman–Crippen LogP) is 2.85. The van der Waals surface area contributed by atoms with E-state index in [1.165, 1.54) is 24.2 Å². The third-order valence-electron chi connectivity index (χ3n) is 2.54. The fourth-order valence-corrected chi connectivity index (χ4v) is 2.34.